The van der Waals surface area contributed by atoms with Gasteiger partial charge in [-0.2, -0.15) is 0 Å². The summed E-state index contributed by atoms with van der Waals surface area (Å²) in [5.41, 5.74) is -0.253. The third-order valence-electron chi connectivity index (χ3n) is 1.64. The van der Waals surface area contributed by atoms with Crippen LogP contribution in [0.25, 0.3) is 0 Å². The highest BCUT2D eigenvalue weighted by molar-refractivity contribution is 5.71. The lowest BCUT2D eigenvalue weighted by atomic mass is 10.1. The van der Waals surface area contributed by atoms with E-state index in [1.54, 1.807) is 0 Å². The zero-order valence-corrected chi connectivity index (χ0v) is 11.3. The first-order valence-corrected chi connectivity index (χ1v) is 5.65. The standard InChI is InChI=1S/C12H25NO3/c1-11(2,3)13-9-10(14)15-7-8-16-12(4,5)6/h13H,7-9H2,1-6H3. The molecule has 4 heteroatoms. The van der Waals surface area contributed by atoms with Crippen LogP contribution in [0.2, 0.25) is 0 Å². The largest absolute Gasteiger partial charge is 0.462 e. The van der Waals surface area contributed by atoms with Crippen LogP contribution in [0.15, 0.2) is 0 Å². The van der Waals surface area contributed by atoms with Gasteiger partial charge < -0.3 is 14.8 Å². The highest BCUT2D eigenvalue weighted by atomic mass is 16.6. The second-order valence-electron chi connectivity index (χ2n) is 5.78. The zero-order valence-electron chi connectivity index (χ0n) is 11.3. The monoisotopic (exact) mass is 231 g/mol. The summed E-state index contributed by atoms with van der Waals surface area (Å²) < 4.78 is 10.4. The van der Waals surface area contributed by atoms with Crippen molar-refractivity contribution in [2.45, 2.75) is 52.7 Å². The Kier molecular flexibility index (Phi) is 5.97. The normalized spacial score (nSPS) is 12.6. The number of carbonyl (C=O) groups is 1. The van der Waals surface area contributed by atoms with Crippen molar-refractivity contribution >= 4 is 5.97 Å². The Labute approximate surface area is 98.7 Å². The molecule has 0 atom stereocenters. The first kappa shape index (κ1) is 15.4. The van der Waals surface area contributed by atoms with E-state index in [-0.39, 0.29) is 23.7 Å². The first-order valence-electron chi connectivity index (χ1n) is 5.65. The lowest BCUT2D eigenvalue weighted by molar-refractivity contribution is -0.146. The molecule has 0 radical (unpaired) electrons. The number of nitrogens with one attached hydrogen (secondary N) is 1. The van der Waals surface area contributed by atoms with Crippen molar-refractivity contribution in [2.75, 3.05) is 19.8 Å². The van der Waals surface area contributed by atoms with Gasteiger partial charge in [-0.1, -0.05) is 0 Å². The molecule has 0 spiro atoms. The molecule has 0 aromatic rings. The summed E-state index contributed by atoms with van der Waals surface area (Å²) in [6, 6.07) is 0. The molecule has 0 unspecified atom stereocenters. The maximum absolute atomic E-state index is 11.3. The van der Waals surface area contributed by atoms with Crippen LogP contribution in [0.4, 0.5) is 0 Å². The zero-order chi connectivity index (χ0) is 12.8. The van der Waals surface area contributed by atoms with Gasteiger partial charge in [-0.15, -0.1) is 0 Å². The number of rotatable bonds is 5. The SMILES string of the molecule is CC(C)(C)NCC(=O)OCCOC(C)(C)C. The van der Waals surface area contributed by atoms with Crippen molar-refractivity contribution in [1.82, 2.24) is 5.32 Å². The van der Waals surface area contributed by atoms with Crippen molar-refractivity contribution in [3.63, 3.8) is 0 Å². The molecular weight excluding hydrogens is 206 g/mol. The number of ether oxygens (including phenoxy) is 2. The average molecular weight is 231 g/mol. The molecule has 1 N–H and O–H groups in total. The Morgan fingerprint density at radius 1 is 1.06 bits per heavy atom. The molecule has 0 aliphatic heterocycles. The van der Waals surface area contributed by atoms with Crippen LogP contribution in [-0.2, 0) is 14.3 Å². The van der Waals surface area contributed by atoms with Gasteiger partial charge in [0.1, 0.15) is 6.61 Å². The Morgan fingerprint density at radius 3 is 2.06 bits per heavy atom. The third-order valence-corrected chi connectivity index (χ3v) is 1.64. The molecule has 16 heavy (non-hydrogen) atoms. The minimum absolute atomic E-state index is 0.0685. The Bertz CT molecular complexity index is 213. The first-order chi connectivity index (χ1) is 7.10. The molecule has 0 rings (SSSR count). The van der Waals surface area contributed by atoms with E-state index in [1.807, 2.05) is 41.5 Å². The van der Waals surface area contributed by atoms with Gasteiger partial charge in [-0.25, -0.2) is 0 Å². The Hall–Kier alpha value is -0.610. The van der Waals surface area contributed by atoms with Gasteiger partial charge in [0.2, 0.25) is 0 Å². The predicted octanol–water partition coefficient (Wildman–Crippen LogP) is 1.73. The van der Waals surface area contributed by atoms with Crippen molar-refractivity contribution in [2.24, 2.45) is 0 Å². The summed E-state index contributed by atoms with van der Waals surface area (Å²) >= 11 is 0. The topological polar surface area (TPSA) is 47.6 Å². The summed E-state index contributed by atoms with van der Waals surface area (Å²) in [6.07, 6.45) is 0. The van der Waals surface area contributed by atoms with Crippen LogP contribution in [0.5, 0.6) is 0 Å². The van der Waals surface area contributed by atoms with E-state index in [4.69, 9.17) is 9.47 Å². The number of esters is 1. The van der Waals surface area contributed by atoms with Gasteiger partial charge in [-0.05, 0) is 41.5 Å². The van der Waals surface area contributed by atoms with E-state index >= 15 is 0 Å². The van der Waals surface area contributed by atoms with Gasteiger partial charge in [-0.3, -0.25) is 4.79 Å². The molecule has 0 heterocycles. The summed E-state index contributed by atoms with van der Waals surface area (Å²) in [6.45, 7) is 12.9. The minimum atomic E-state index is -0.243. The lowest BCUT2D eigenvalue weighted by Gasteiger charge is -2.21. The third kappa shape index (κ3) is 11.5. The van der Waals surface area contributed by atoms with E-state index in [1.165, 1.54) is 0 Å². The van der Waals surface area contributed by atoms with Crippen molar-refractivity contribution in [1.29, 1.82) is 0 Å². The molecule has 0 aromatic carbocycles. The van der Waals surface area contributed by atoms with E-state index in [2.05, 4.69) is 5.32 Å². The maximum atomic E-state index is 11.3. The number of carbonyl (C=O) groups excluding carboxylic acids is 1. The minimum Gasteiger partial charge on any atom is -0.462 e. The van der Waals surface area contributed by atoms with Gasteiger partial charge in [0.25, 0.3) is 0 Å². The number of hydrogen-bond acceptors (Lipinski definition) is 4. The summed E-state index contributed by atoms with van der Waals surface area (Å²) in [4.78, 5) is 11.3. The predicted molar refractivity (Wildman–Crippen MR) is 64.4 cm³/mol. The second-order valence-corrected chi connectivity index (χ2v) is 5.78. The molecule has 0 aliphatic carbocycles. The van der Waals surface area contributed by atoms with E-state index in [0.29, 0.717) is 13.2 Å². The van der Waals surface area contributed by atoms with Crippen LogP contribution < -0.4 is 5.32 Å². The lowest BCUT2D eigenvalue weighted by Crippen LogP contribution is -2.40. The van der Waals surface area contributed by atoms with Gasteiger partial charge in [0, 0.05) is 5.54 Å². The van der Waals surface area contributed by atoms with E-state index < -0.39 is 0 Å². The smallest absolute Gasteiger partial charge is 0.320 e. The summed E-state index contributed by atoms with van der Waals surface area (Å²) in [5.74, 6) is -0.243. The van der Waals surface area contributed by atoms with Gasteiger partial charge >= 0.3 is 5.97 Å². The van der Waals surface area contributed by atoms with Gasteiger partial charge in [0.05, 0.1) is 18.8 Å². The summed E-state index contributed by atoms with van der Waals surface area (Å²) in [5, 5.41) is 3.06. The fraction of sp³-hybridized carbons (Fsp3) is 0.917. The second kappa shape index (κ2) is 6.21. The van der Waals surface area contributed by atoms with E-state index in [9.17, 15) is 4.79 Å². The number of hydrogen-bond donors (Lipinski definition) is 1. The van der Waals surface area contributed by atoms with Crippen molar-refractivity contribution in [3.05, 3.63) is 0 Å². The van der Waals surface area contributed by atoms with E-state index in [0.717, 1.165) is 0 Å². The molecular formula is C12H25NO3. The molecule has 4 nitrogen and oxygen atoms in total. The fourth-order valence-corrected chi connectivity index (χ4v) is 0.892. The quantitative estimate of drug-likeness (QED) is 0.578. The van der Waals surface area contributed by atoms with Crippen molar-refractivity contribution < 1.29 is 14.3 Å². The molecule has 0 aromatic heterocycles. The molecule has 0 amide bonds. The Morgan fingerprint density at radius 2 is 1.62 bits per heavy atom. The fourth-order valence-electron chi connectivity index (χ4n) is 0.892. The highest BCUT2D eigenvalue weighted by Crippen LogP contribution is 2.05. The van der Waals surface area contributed by atoms with Crippen LogP contribution in [0.3, 0.4) is 0 Å². The average Bonchev–Trinajstić information content (AvgIpc) is 2.06. The molecule has 96 valence electrons. The molecule has 0 fully saturated rings. The molecule has 0 bridgehead atoms. The molecule has 0 aliphatic rings. The Balaban J connectivity index is 3.52. The van der Waals surface area contributed by atoms with Crippen LogP contribution in [-0.4, -0.2) is 36.9 Å². The van der Waals surface area contributed by atoms with Crippen LogP contribution >= 0.6 is 0 Å². The molecule has 0 saturated carbocycles. The van der Waals surface area contributed by atoms with Gasteiger partial charge in [0.15, 0.2) is 0 Å². The summed E-state index contributed by atoms with van der Waals surface area (Å²) in [7, 11) is 0. The molecule has 0 saturated heterocycles. The van der Waals surface area contributed by atoms with Crippen LogP contribution in [0.1, 0.15) is 41.5 Å². The maximum Gasteiger partial charge on any atom is 0.320 e. The van der Waals surface area contributed by atoms with Crippen LogP contribution in [0, 0.1) is 0 Å². The van der Waals surface area contributed by atoms with Crippen molar-refractivity contribution in [3.8, 4) is 0 Å². The highest BCUT2D eigenvalue weighted by Gasteiger charge is 2.13.